The number of aryl methyl sites for hydroxylation is 1. The predicted molar refractivity (Wildman–Crippen MR) is 158 cm³/mol. The number of nitrogens with zero attached hydrogens (tertiary/aromatic N) is 1. The Kier molecular flexibility index (Phi) is 7.79. The van der Waals surface area contributed by atoms with Crippen molar-refractivity contribution in [1.82, 2.24) is 10.2 Å². The number of phenolic OH excluding ortho intramolecular Hbond substituents is 2. The fourth-order valence-corrected chi connectivity index (χ4v) is 6.65. The summed E-state index contributed by atoms with van der Waals surface area (Å²) < 4.78 is 18.0. The Morgan fingerprint density at radius 3 is 2.62 bits per heavy atom. The number of hydrogen-bond acceptors (Lipinski definition) is 9. The molecule has 0 aromatic heterocycles. The zero-order valence-electron chi connectivity index (χ0n) is 24.0. The van der Waals surface area contributed by atoms with Crippen LogP contribution >= 0.6 is 0 Å². The van der Waals surface area contributed by atoms with Gasteiger partial charge in [-0.3, -0.25) is 0 Å². The molecule has 9 heteroatoms. The molecule has 2 heterocycles. The molecule has 3 aromatic carbocycles. The fourth-order valence-electron chi connectivity index (χ4n) is 6.65. The number of aliphatic hydroxyl groups is 2. The second kappa shape index (κ2) is 11.7. The Morgan fingerprint density at radius 1 is 1.05 bits per heavy atom. The number of rotatable bonds is 9. The van der Waals surface area contributed by atoms with E-state index < -0.39 is 12.2 Å². The average molecular weight is 575 g/mol. The minimum Gasteiger partial charge on any atom is -0.508 e. The smallest absolute Gasteiger partial charge is 0.161 e. The minimum atomic E-state index is -0.845. The van der Waals surface area contributed by atoms with Crippen molar-refractivity contribution in [3.63, 3.8) is 0 Å². The van der Waals surface area contributed by atoms with Crippen molar-refractivity contribution in [3.05, 3.63) is 76.6 Å². The lowest BCUT2D eigenvalue weighted by Crippen LogP contribution is -2.32. The molecule has 1 aliphatic carbocycles. The van der Waals surface area contributed by atoms with E-state index >= 15 is 0 Å². The van der Waals surface area contributed by atoms with Gasteiger partial charge in [0.05, 0.1) is 27.0 Å². The first-order chi connectivity index (χ1) is 20.4. The van der Waals surface area contributed by atoms with E-state index in [1.807, 2.05) is 30.5 Å². The molecule has 0 radical (unpaired) electrons. The topological polar surface area (TPSA) is 124 Å². The Labute approximate surface area is 245 Å². The molecule has 3 atom stereocenters. The van der Waals surface area contributed by atoms with Crippen LogP contribution in [0.4, 0.5) is 0 Å². The minimum absolute atomic E-state index is 0.00128. The Hall–Kier alpha value is -4.08. The van der Waals surface area contributed by atoms with E-state index in [1.165, 1.54) is 7.11 Å². The Balaban J connectivity index is 1.43. The van der Waals surface area contributed by atoms with Crippen molar-refractivity contribution < 1.29 is 34.6 Å². The van der Waals surface area contributed by atoms with Crippen LogP contribution in [0.1, 0.15) is 52.7 Å². The molecule has 0 saturated heterocycles. The standard InChI is InChI=1S/C33H38N2O7/c1-40-28-17-27-25(16-26(38)33(42-27)22-13-20(4-3-11-36)32(39)29(15-22)41-2)30-19(7-9-35-10-8-34-18-35)12-21-14-23(37)5-6-24(21)31(28)30/h5-6,8,10,13-15,17,19,26,33-34,36-39H,3-4,7,9,11-12,16,18H2,1-2H3/t19-,26+,33+/m0/s1. The SMILES string of the molecule is COc1cc([C@H]2Oc3cc(OC)c4c(c3C[C@H]2O)[C@@H](CCN2C=CNC2)Cc2cc(O)ccc2-4)cc(CCCO)c1O. The summed E-state index contributed by atoms with van der Waals surface area (Å²) in [5.74, 6) is 2.05. The molecule has 3 aliphatic rings. The van der Waals surface area contributed by atoms with E-state index in [0.29, 0.717) is 47.6 Å². The summed E-state index contributed by atoms with van der Waals surface area (Å²) in [6.45, 7) is 1.62. The molecule has 0 saturated carbocycles. The normalized spacial score (nSPS) is 20.3. The molecule has 0 unspecified atom stereocenters. The molecule has 2 aliphatic heterocycles. The van der Waals surface area contributed by atoms with Crippen LogP contribution in [0.15, 0.2) is 48.8 Å². The van der Waals surface area contributed by atoms with Crippen LogP contribution in [-0.2, 0) is 19.3 Å². The van der Waals surface area contributed by atoms with Gasteiger partial charge in [0, 0.05) is 49.2 Å². The zero-order valence-corrected chi connectivity index (χ0v) is 24.0. The van der Waals surface area contributed by atoms with E-state index in [1.54, 1.807) is 19.2 Å². The maximum absolute atomic E-state index is 11.6. The van der Waals surface area contributed by atoms with E-state index in [2.05, 4.69) is 16.4 Å². The van der Waals surface area contributed by atoms with Crippen LogP contribution in [0.5, 0.6) is 28.7 Å². The highest BCUT2D eigenvalue weighted by Gasteiger charge is 2.38. The molecule has 6 rings (SSSR count). The van der Waals surface area contributed by atoms with Gasteiger partial charge in [0.15, 0.2) is 11.5 Å². The number of ether oxygens (including phenoxy) is 3. The summed E-state index contributed by atoms with van der Waals surface area (Å²) in [7, 11) is 3.14. The van der Waals surface area contributed by atoms with Crippen LogP contribution in [0, 0.1) is 0 Å². The number of benzene rings is 3. The fraction of sp³-hybridized carbons (Fsp3) is 0.394. The maximum atomic E-state index is 11.6. The Bertz CT molecular complexity index is 1500. The lowest BCUT2D eigenvalue weighted by atomic mass is 9.73. The monoisotopic (exact) mass is 574 g/mol. The third-order valence-corrected chi connectivity index (χ3v) is 8.66. The maximum Gasteiger partial charge on any atom is 0.161 e. The van der Waals surface area contributed by atoms with Crippen LogP contribution in [0.2, 0.25) is 0 Å². The van der Waals surface area contributed by atoms with Gasteiger partial charge in [-0.25, -0.2) is 0 Å². The molecule has 0 bridgehead atoms. The first kappa shape index (κ1) is 28.1. The molecule has 3 aromatic rings. The van der Waals surface area contributed by atoms with Gasteiger partial charge in [0.2, 0.25) is 0 Å². The van der Waals surface area contributed by atoms with Crippen molar-refractivity contribution in [3.8, 4) is 39.9 Å². The summed E-state index contributed by atoms with van der Waals surface area (Å²) in [6.07, 6.45) is 5.44. The van der Waals surface area contributed by atoms with Gasteiger partial charge in [-0.05, 0) is 83.7 Å². The molecular formula is C33H38N2O7. The second-order valence-electron chi connectivity index (χ2n) is 11.2. The van der Waals surface area contributed by atoms with E-state index in [9.17, 15) is 20.4 Å². The molecule has 9 nitrogen and oxygen atoms in total. The van der Waals surface area contributed by atoms with Gasteiger partial charge in [0.1, 0.15) is 23.4 Å². The number of fused-ring (bicyclic) bond motifs is 5. The van der Waals surface area contributed by atoms with Gasteiger partial charge >= 0.3 is 0 Å². The number of aromatic hydroxyl groups is 2. The average Bonchev–Trinajstić information content (AvgIpc) is 3.52. The number of nitrogens with one attached hydrogen (secondary N) is 1. The quantitative estimate of drug-likeness (QED) is 0.257. The number of hydrogen-bond donors (Lipinski definition) is 5. The van der Waals surface area contributed by atoms with Crippen LogP contribution in [0.25, 0.3) is 11.1 Å². The third kappa shape index (κ3) is 5.07. The van der Waals surface area contributed by atoms with Crippen molar-refractivity contribution in [2.75, 3.05) is 34.0 Å². The summed E-state index contributed by atoms with van der Waals surface area (Å²) in [5.41, 5.74) is 6.51. The van der Waals surface area contributed by atoms with Gasteiger partial charge in [0.25, 0.3) is 0 Å². The molecule has 222 valence electrons. The second-order valence-corrected chi connectivity index (χ2v) is 11.2. The van der Waals surface area contributed by atoms with Crippen molar-refractivity contribution >= 4 is 0 Å². The van der Waals surface area contributed by atoms with Crippen LogP contribution < -0.4 is 19.5 Å². The third-order valence-electron chi connectivity index (χ3n) is 8.66. The van der Waals surface area contributed by atoms with Gasteiger partial charge in [-0.2, -0.15) is 0 Å². The lowest BCUT2D eigenvalue weighted by molar-refractivity contribution is 0.0200. The number of methoxy groups -OCH3 is 2. The molecule has 42 heavy (non-hydrogen) atoms. The van der Waals surface area contributed by atoms with Gasteiger partial charge in [-0.15, -0.1) is 0 Å². The van der Waals surface area contributed by atoms with Gasteiger partial charge in [-0.1, -0.05) is 6.07 Å². The first-order valence-corrected chi connectivity index (χ1v) is 14.5. The van der Waals surface area contributed by atoms with Gasteiger partial charge < -0.3 is 44.9 Å². The number of phenols is 2. The highest BCUT2D eigenvalue weighted by Crippen LogP contribution is 2.53. The van der Waals surface area contributed by atoms with Crippen molar-refractivity contribution in [2.45, 2.75) is 50.2 Å². The largest absolute Gasteiger partial charge is 0.508 e. The highest BCUT2D eigenvalue weighted by molar-refractivity contribution is 5.83. The summed E-state index contributed by atoms with van der Waals surface area (Å²) in [6, 6.07) is 10.9. The zero-order chi connectivity index (χ0) is 29.4. The Morgan fingerprint density at radius 2 is 1.88 bits per heavy atom. The van der Waals surface area contributed by atoms with E-state index in [4.69, 9.17) is 14.2 Å². The van der Waals surface area contributed by atoms with Crippen LogP contribution in [-0.4, -0.2) is 65.5 Å². The molecule has 0 amide bonds. The van der Waals surface area contributed by atoms with Crippen molar-refractivity contribution in [1.29, 1.82) is 0 Å². The molecule has 0 spiro atoms. The van der Waals surface area contributed by atoms with E-state index in [0.717, 1.165) is 53.9 Å². The predicted octanol–water partition coefficient (Wildman–Crippen LogP) is 4.11. The first-order valence-electron chi connectivity index (χ1n) is 14.5. The van der Waals surface area contributed by atoms with E-state index in [-0.39, 0.29) is 24.0 Å². The number of aliphatic hydroxyl groups excluding tert-OH is 2. The molecule has 5 N–H and O–H groups in total. The summed E-state index contributed by atoms with van der Waals surface area (Å²) in [4.78, 5) is 2.23. The summed E-state index contributed by atoms with van der Waals surface area (Å²) in [5, 5.41) is 45.1. The van der Waals surface area contributed by atoms with Crippen LogP contribution in [0.3, 0.4) is 0 Å². The molecule has 0 fully saturated rings. The highest BCUT2D eigenvalue weighted by atomic mass is 16.5. The van der Waals surface area contributed by atoms with Crippen molar-refractivity contribution in [2.24, 2.45) is 0 Å². The summed E-state index contributed by atoms with van der Waals surface area (Å²) >= 11 is 0. The lowest BCUT2D eigenvalue weighted by Gasteiger charge is -2.38. The molecular weight excluding hydrogens is 536 g/mol.